The molecule has 2 saturated heterocycles. The molecule has 2 aliphatic heterocycles. The van der Waals surface area contributed by atoms with Gasteiger partial charge in [0.1, 0.15) is 11.4 Å². The predicted molar refractivity (Wildman–Crippen MR) is 92.8 cm³/mol. The van der Waals surface area contributed by atoms with E-state index in [1.807, 2.05) is 9.80 Å². The molecule has 0 saturated carbocycles. The third kappa shape index (κ3) is 3.77. The molecule has 1 aromatic rings. The molecule has 1 aromatic heterocycles. The Morgan fingerprint density at radius 1 is 0.833 bits per heavy atom. The fraction of sp³-hybridized carbons (Fsp3) is 0.632. The highest BCUT2D eigenvalue weighted by atomic mass is 16.2. The second kappa shape index (κ2) is 7.32. The first-order chi connectivity index (χ1) is 11.5. The lowest BCUT2D eigenvalue weighted by molar-refractivity contribution is 0.0684. The van der Waals surface area contributed by atoms with E-state index in [9.17, 15) is 9.59 Å². The van der Waals surface area contributed by atoms with Crippen molar-refractivity contribution in [3.8, 4) is 0 Å². The van der Waals surface area contributed by atoms with Crippen LogP contribution in [0.25, 0.3) is 0 Å². The van der Waals surface area contributed by atoms with Crippen LogP contribution in [0.1, 0.15) is 60.5 Å². The van der Waals surface area contributed by atoms with Gasteiger partial charge in [0.25, 0.3) is 11.8 Å². The van der Waals surface area contributed by atoms with Crippen molar-refractivity contribution in [1.82, 2.24) is 14.8 Å². The summed E-state index contributed by atoms with van der Waals surface area (Å²) in [4.78, 5) is 33.4. The number of amides is 2. The molecule has 0 aliphatic carbocycles. The van der Waals surface area contributed by atoms with Crippen molar-refractivity contribution in [3.63, 3.8) is 0 Å². The molecule has 0 unspecified atom stereocenters. The maximum atomic E-state index is 12.6. The summed E-state index contributed by atoms with van der Waals surface area (Å²) in [6.45, 7) is 7.57. The zero-order chi connectivity index (χ0) is 17.1. The van der Waals surface area contributed by atoms with E-state index in [4.69, 9.17) is 0 Å². The van der Waals surface area contributed by atoms with Gasteiger partial charge in [-0.25, -0.2) is 4.98 Å². The Kier molecular flexibility index (Phi) is 5.17. The molecule has 0 atom stereocenters. The first-order valence-electron chi connectivity index (χ1n) is 9.10. The van der Waals surface area contributed by atoms with E-state index in [0.717, 1.165) is 51.9 Å². The van der Waals surface area contributed by atoms with Crippen molar-refractivity contribution in [1.29, 1.82) is 0 Å². The number of carbonyl (C=O) groups is 2. The topological polar surface area (TPSA) is 53.5 Å². The van der Waals surface area contributed by atoms with Crippen LogP contribution in [0.3, 0.4) is 0 Å². The van der Waals surface area contributed by atoms with E-state index in [0.29, 0.717) is 23.2 Å². The van der Waals surface area contributed by atoms with Crippen molar-refractivity contribution in [2.45, 2.75) is 39.5 Å². The van der Waals surface area contributed by atoms with Gasteiger partial charge in [0.05, 0.1) is 0 Å². The molecule has 3 heterocycles. The van der Waals surface area contributed by atoms with Crippen LogP contribution in [-0.2, 0) is 0 Å². The maximum Gasteiger partial charge on any atom is 0.272 e. The highest BCUT2D eigenvalue weighted by molar-refractivity contribution is 5.96. The van der Waals surface area contributed by atoms with E-state index in [-0.39, 0.29) is 11.8 Å². The zero-order valence-corrected chi connectivity index (χ0v) is 14.7. The third-order valence-electron chi connectivity index (χ3n) is 5.33. The van der Waals surface area contributed by atoms with Gasteiger partial charge in [-0.3, -0.25) is 9.59 Å². The summed E-state index contributed by atoms with van der Waals surface area (Å²) in [6.07, 6.45) is 4.15. The van der Waals surface area contributed by atoms with Gasteiger partial charge in [0.15, 0.2) is 0 Å². The van der Waals surface area contributed by atoms with E-state index in [2.05, 4.69) is 18.8 Å². The molecule has 2 amide bonds. The van der Waals surface area contributed by atoms with Gasteiger partial charge in [-0.15, -0.1) is 0 Å². The maximum absolute atomic E-state index is 12.6. The summed E-state index contributed by atoms with van der Waals surface area (Å²) in [5, 5.41) is 0. The molecule has 2 aliphatic rings. The smallest absolute Gasteiger partial charge is 0.272 e. The minimum atomic E-state index is -0.0520. The highest BCUT2D eigenvalue weighted by Crippen LogP contribution is 2.19. The van der Waals surface area contributed by atoms with Crippen molar-refractivity contribution in [2.24, 2.45) is 11.8 Å². The fourth-order valence-electron chi connectivity index (χ4n) is 3.42. The van der Waals surface area contributed by atoms with Crippen molar-refractivity contribution < 1.29 is 9.59 Å². The second-order valence-corrected chi connectivity index (χ2v) is 7.36. The Morgan fingerprint density at radius 2 is 1.21 bits per heavy atom. The lowest BCUT2D eigenvalue weighted by atomic mass is 9.99. The van der Waals surface area contributed by atoms with Crippen LogP contribution in [0.4, 0.5) is 0 Å². The van der Waals surface area contributed by atoms with Crippen LogP contribution >= 0.6 is 0 Å². The van der Waals surface area contributed by atoms with E-state index < -0.39 is 0 Å². The lowest BCUT2D eigenvalue weighted by Gasteiger charge is -2.31. The number of hydrogen-bond acceptors (Lipinski definition) is 3. The monoisotopic (exact) mass is 329 g/mol. The van der Waals surface area contributed by atoms with Crippen molar-refractivity contribution in [3.05, 3.63) is 29.6 Å². The largest absolute Gasteiger partial charge is 0.337 e. The molecule has 3 rings (SSSR count). The minimum Gasteiger partial charge on any atom is -0.337 e. The number of nitrogens with zero attached hydrogens (tertiary/aromatic N) is 3. The molecule has 0 aromatic carbocycles. The van der Waals surface area contributed by atoms with Crippen LogP contribution in [0.2, 0.25) is 0 Å². The number of aromatic nitrogens is 1. The molecule has 0 spiro atoms. The van der Waals surface area contributed by atoms with E-state index >= 15 is 0 Å². The molecule has 24 heavy (non-hydrogen) atoms. The average molecular weight is 329 g/mol. The van der Waals surface area contributed by atoms with Gasteiger partial charge in [0.2, 0.25) is 0 Å². The summed E-state index contributed by atoms with van der Waals surface area (Å²) < 4.78 is 0. The molecule has 0 bridgehead atoms. The van der Waals surface area contributed by atoms with Crippen molar-refractivity contribution >= 4 is 11.8 Å². The van der Waals surface area contributed by atoms with Crippen LogP contribution in [-0.4, -0.2) is 52.8 Å². The Morgan fingerprint density at radius 3 is 1.58 bits per heavy atom. The molecule has 0 radical (unpaired) electrons. The SMILES string of the molecule is CC1CCN(C(=O)c2cccc(C(=O)N3CCC(C)CC3)n2)CC1. The number of hydrogen-bond donors (Lipinski definition) is 0. The first kappa shape index (κ1) is 16.9. The van der Waals surface area contributed by atoms with Crippen LogP contribution in [0, 0.1) is 11.8 Å². The molecular formula is C19H27N3O2. The van der Waals surface area contributed by atoms with Gasteiger partial charge in [-0.05, 0) is 49.7 Å². The minimum absolute atomic E-state index is 0.0520. The predicted octanol–water partition coefficient (Wildman–Crippen LogP) is 2.83. The summed E-state index contributed by atoms with van der Waals surface area (Å²) >= 11 is 0. The Balaban J connectivity index is 1.69. The molecule has 5 heteroatoms. The van der Waals surface area contributed by atoms with Gasteiger partial charge in [-0.1, -0.05) is 19.9 Å². The molecule has 0 N–H and O–H groups in total. The summed E-state index contributed by atoms with van der Waals surface area (Å²) in [5.74, 6) is 1.25. The summed E-state index contributed by atoms with van der Waals surface area (Å²) in [6, 6.07) is 5.21. The standard InChI is InChI=1S/C19H27N3O2/c1-14-6-10-21(11-7-14)18(23)16-4-3-5-17(20-16)19(24)22-12-8-15(2)9-13-22/h3-5,14-15H,6-13H2,1-2H3. The quantitative estimate of drug-likeness (QED) is 0.838. The van der Waals surface area contributed by atoms with Crippen LogP contribution < -0.4 is 0 Å². The molecule has 5 nitrogen and oxygen atoms in total. The number of pyridine rings is 1. The second-order valence-electron chi connectivity index (χ2n) is 7.36. The molecular weight excluding hydrogens is 302 g/mol. The van der Waals surface area contributed by atoms with Crippen LogP contribution in [0.5, 0.6) is 0 Å². The number of carbonyl (C=O) groups excluding carboxylic acids is 2. The zero-order valence-electron chi connectivity index (χ0n) is 14.7. The van der Waals surface area contributed by atoms with Gasteiger partial charge >= 0.3 is 0 Å². The Hall–Kier alpha value is -1.91. The number of likely N-dealkylation sites (tertiary alicyclic amines) is 2. The summed E-state index contributed by atoms with van der Waals surface area (Å²) in [7, 11) is 0. The molecule has 2 fully saturated rings. The average Bonchev–Trinajstić information content (AvgIpc) is 2.62. The van der Waals surface area contributed by atoms with Gasteiger partial charge in [-0.2, -0.15) is 0 Å². The Labute approximate surface area is 144 Å². The third-order valence-corrected chi connectivity index (χ3v) is 5.33. The fourth-order valence-corrected chi connectivity index (χ4v) is 3.42. The normalized spacial score (nSPS) is 20.2. The van der Waals surface area contributed by atoms with E-state index in [1.165, 1.54) is 0 Å². The Bertz CT molecular complexity index is 551. The van der Waals surface area contributed by atoms with E-state index in [1.54, 1.807) is 18.2 Å². The van der Waals surface area contributed by atoms with Crippen LogP contribution in [0.15, 0.2) is 18.2 Å². The van der Waals surface area contributed by atoms with Gasteiger partial charge < -0.3 is 9.80 Å². The number of piperidine rings is 2. The number of rotatable bonds is 2. The molecule has 130 valence electrons. The first-order valence-corrected chi connectivity index (χ1v) is 9.10. The highest BCUT2D eigenvalue weighted by Gasteiger charge is 2.25. The lowest BCUT2D eigenvalue weighted by Crippen LogP contribution is -2.40. The van der Waals surface area contributed by atoms with Crippen molar-refractivity contribution in [2.75, 3.05) is 26.2 Å². The van der Waals surface area contributed by atoms with Gasteiger partial charge in [0, 0.05) is 26.2 Å². The summed E-state index contributed by atoms with van der Waals surface area (Å²) in [5.41, 5.74) is 0.779.